The fraction of sp³-hybridized carbons (Fsp3) is 0.222. The maximum Gasteiger partial charge on any atom is 0.344 e. The lowest BCUT2D eigenvalue weighted by atomic mass is 10.1. The highest BCUT2D eigenvalue weighted by atomic mass is 16.6. The van der Waals surface area contributed by atoms with Crippen molar-refractivity contribution in [1.82, 2.24) is 10.2 Å². The number of para-hydroxylation sites is 1. The Morgan fingerprint density at radius 3 is 2.77 bits per heavy atom. The Hall–Kier alpha value is -4.33. The number of nitrogens with zero attached hydrogens (tertiary/aromatic N) is 2. The van der Waals surface area contributed by atoms with Gasteiger partial charge in [0.15, 0.2) is 6.61 Å². The highest BCUT2D eigenvalue weighted by Crippen LogP contribution is 2.33. The summed E-state index contributed by atoms with van der Waals surface area (Å²) >= 11 is 0. The quantitative estimate of drug-likeness (QED) is 0.333. The number of rotatable bonds is 6. The molecule has 1 unspecified atom stereocenters. The van der Waals surface area contributed by atoms with Gasteiger partial charge in [-0.1, -0.05) is 30.3 Å². The molecule has 0 radical (unpaired) electrons. The summed E-state index contributed by atoms with van der Waals surface area (Å²) in [6.07, 6.45) is 1.51. The predicted octanol–water partition coefficient (Wildman–Crippen LogP) is 5.27. The van der Waals surface area contributed by atoms with Gasteiger partial charge in [-0.25, -0.2) is 9.79 Å². The number of amidine groups is 1. The molecule has 0 spiro atoms. The molecule has 1 aromatic heterocycles. The zero-order chi connectivity index (χ0) is 24.4. The highest BCUT2D eigenvalue weighted by molar-refractivity contribution is 6.10. The highest BCUT2D eigenvalue weighted by Gasteiger charge is 2.22. The van der Waals surface area contributed by atoms with E-state index in [9.17, 15) is 4.79 Å². The standard InChI is InChI=1S/C27H27N5O3/c1-27(2,3)35-24(33)16-34-20-8-6-7-17(14-20)25-30-23-10-5-4-9-21(23)26(31-25)29-19-11-12-22-18(13-19)15-28-32-22/h4-15,26,29H,16H2,1-3H3,(H,28,32)(H,30,31). The summed E-state index contributed by atoms with van der Waals surface area (Å²) in [7, 11) is 0. The lowest BCUT2D eigenvalue weighted by Crippen LogP contribution is -2.27. The van der Waals surface area contributed by atoms with Crippen LogP contribution in [0.15, 0.2) is 77.9 Å². The number of esters is 1. The van der Waals surface area contributed by atoms with E-state index in [1.807, 2.05) is 75.4 Å². The van der Waals surface area contributed by atoms with E-state index >= 15 is 0 Å². The van der Waals surface area contributed by atoms with Gasteiger partial charge < -0.3 is 20.1 Å². The molecule has 1 atom stereocenters. The van der Waals surface area contributed by atoms with Gasteiger partial charge in [0, 0.05) is 27.9 Å². The summed E-state index contributed by atoms with van der Waals surface area (Å²) < 4.78 is 11.0. The van der Waals surface area contributed by atoms with Gasteiger partial charge in [0.2, 0.25) is 0 Å². The van der Waals surface area contributed by atoms with E-state index in [2.05, 4.69) is 26.9 Å². The van der Waals surface area contributed by atoms with Crippen LogP contribution >= 0.6 is 0 Å². The number of anilines is 2. The van der Waals surface area contributed by atoms with Crippen LogP contribution in [0.3, 0.4) is 0 Å². The molecule has 5 rings (SSSR count). The fourth-order valence-corrected chi connectivity index (χ4v) is 3.90. The van der Waals surface area contributed by atoms with Crippen LogP contribution < -0.4 is 15.4 Å². The molecule has 0 saturated heterocycles. The third-order valence-electron chi connectivity index (χ3n) is 5.39. The summed E-state index contributed by atoms with van der Waals surface area (Å²) in [6, 6.07) is 21.6. The Balaban J connectivity index is 1.38. The third-order valence-corrected chi connectivity index (χ3v) is 5.39. The number of nitrogens with one attached hydrogen (secondary N) is 3. The van der Waals surface area contributed by atoms with Crippen molar-refractivity contribution < 1.29 is 14.3 Å². The first kappa shape index (κ1) is 22.5. The summed E-state index contributed by atoms with van der Waals surface area (Å²) in [5.74, 6) is 0.851. The van der Waals surface area contributed by atoms with Gasteiger partial charge in [-0.15, -0.1) is 0 Å². The van der Waals surface area contributed by atoms with Crippen LogP contribution in [0.1, 0.15) is 38.1 Å². The summed E-state index contributed by atoms with van der Waals surface area (Å²) in [5, 5.41) is 15.1. The SMILES string of the molecule is CC(C)(C)OC(=O)COc1cccc(C2=NC(Nc3ccc4[nH]ncc4c3)c3ccccc3N2)c1. The van der Waals surface area contributed by atoms with Crippen molar-refractivity contribution in [3.05, 3.63) is 84.1 Å². The van der Waals surface area contributed by atoms with Gasteiger partial charge in [-0.05, 0) is 57.2 Å². The molecule has 0 aliphatic carbocycles. The number of fused-ring (bicyclic) bond motifs is 2. The molecule has 35 heavy (non-hydrogen) atoms. The first-order valence-electron chi connectivity index (χ1n) is 11.4. The van der Waals surface area contributed by atoms with Gasteiger partial charge in [0.1, 0.15) is 23.4 Å². The largest absolute Gasteiger partial charge is 0.482 e. The molecular formula is C27H27N5O3. The Kier molecular flexibility index (Phi) is 5.86. The molecule has 8 heteroatoms. The van der Waals surface area contributed by atoms with Gasteiger partial charge >= 0.3 is 5.97 Å². The molecular weight excluding hydrogens is 442 g/mol. The number of benzene rings is 3. The average Bonchev–Trinajstić information content (AvgIpc) is 3.30. The van der Waals surface area contributed by atoms with Gasteiger partial charge in [0.05, 0.1) is 11.7 Å². The van der Waals surface area contributed by atoms with Crippen molar-refractivity contribution >= 4 is 34.1 Å². The van der Waals surface area contributed by atoms with Crippen molar-refractivity contribution in [2.45, 2.75) is 32.5 Å². The van der Waals surface area contributed by atoms with Crippen LogP contribution in [0.2, 0.25) is 0 Å². The maximum absolute atomic E-state index is 12.0. The Morgan fingerprint density at radius 2 is 1.91 bits per heavy atom. The Bertz CT molecular complexity index is 1400. The number of H-pyrrole nitrogens is 1. The second kappa shape index (κ2) is 9.13. The summed E-state index contributed by atoms with van der Waals surface area (Å²) in [6.45, 7) is 5.32. The second-order valence-corrected chi connectivity index (χ2v) is 9.31. The van der Waals surface area contributed by atoms with Crippen molar-refractivity contribution in [2.75, 3.05) is 17.2 Å². The molecule has 0 fully saturated rings. The predicted molar refractivity (Wildman–Crippen MR) is 137 cm³/mol. The van der Waals surface area contributed by atoms with Crippen LogP contribution in [0, 0.1) is 0 Å². The smallest absolute Gasteiger partial charge is 0.344 e. The minimum absolute atomic E-state index is 0.163. The van der Waals surface area contributed by atoms with Crippen LogP contribution in [0.25, 0.3) is 10.9 Å². The van der Waals surface area contributed by atoms with Crippen LogP contribution in [0.5, 0.6) is 5.75 Å². The van der Waals surface area contributed by atoms with Gasteiger partial charge in [0.25, 0.3) is 0 Å². The zero-order valence-electron chi connectivity index (χ0n) is 19.8. The molecule has 1 aliphatic heterocycles. The third kappa shape index (κ3) is 5.27. The minimum atomic E-state index is -0.555. The van der Waals surface area contributed by atoms with Crippen molar-refractivity contribution in [3.8, 4) is 5.75 Å². The first-order valence-corrected chi connectivity index (χ1v) is 11.4. The number of hydrogen-bond donors (Lipinski definition) is 3. The Labute approximate surface area is 203 Å². The number of aromatic nitrogens is 2. The number of carbonyl (C=O) groups is 1. The van der Waals surface area contributed by atoms with Crippen LogP contribution in [-0.4, -0.2) is 34.2 Å². The van der Waals surface area contributed by atoms with E-state index in [1.165, 1.54) is 0 Å². The van der Waals surface area contributed by atoms with Crippen LogP contribution in [0.4, 0.5) is 11.4 Å². The summed E-state index contributed by atoms with van der Waals surface area (Å²) in [5.41, 5.74) is 4.23. The molecule has 3 N–H and O–H groups in total. The van der Waals surface area contributed by atoms with Crippen molar-refractivity contribution in [3.63, 3.8) is 0 Å². The second-order valence-electron chi connectivity index (χ2n) is 9.31. The van der Waals surface area contributed by atoms with E-state index in [0.29, 0.717) is 11.6 Å². The number of carbonyl (C=O) groups excluding carboxylic acids is 1. The fourth-order valence-electron chi connectivity index (χ4n) is 3.90. The minimum Gasteiger partial charge on any atom is -0.482 e. The molecule has 178 valence electrons. The number of hydrogen-bond acceptors (Lipinski definition) is 7. The molecule has 0 amide bonds. The number of ether oxygens (including phenoxy) is 2. The van der Waals surface area contributed by atoms with E-state index in [4.69, 9.17) is 14.5 Å². The number of aromatic amines is 1. The topological polar surface area (TPSA) is 101 Å². The van der Waals surface area contributed by atoms with E-state index in [-0.39, 0.29) is 12.8 Å². The molecule has 0 saturated carbocycles. The van der Waals surface area contributed by atoms with E-state index < -0.39 is 11.6 Å². The van der Waals surface area contributed by atoms with Crippen molar-refractivity contribution in [2.24, 2.45) is 4.99 Å². The van der Waals surface area contributed by atoms with E-state index in [1.54, 1.807) is 12.3 Å². The number of aliphatic imine (C=N–C) groups is 1. The zero-order valence-corrected chi connectivity index (χ0v) is 19.8. The lowest BCUT2D eigenvalue weighted by molar-refractivity contribution is -0.157. The molecule has 3 aromatic carbocycles. The Morgan fingerprint density at radius 1 is 1.06 bits per heavy atom. The molecule has 1 aliphatic rings. The average molecular weight is 470 g/mol. The van der Waals surface area contributed by atoms with Crippen molar-refractivity contribution in [1.29, 1.82) is 0 Å². The van der Waals surface area contributed by atoms with Gasteiger partial charge in [-0.3, -0.25) is 5.10 Å². The lowest BCUT2D eigenvalue weighted by Gasteiger charge is -2.27. The normalized spacial score (nSPS) is 15.1. The molecule has 2 heterocycles. The summed E-state index contributed by atoms with van der Waals surface area (Å²) in [4.78, 5) is 17.0. The molecule has 8 nitrogen and oxygen atoms in total. The first-order chi connectivity index (χ1) is 16.8. The maximum atomic E-state index is 12.0. The van der Waals surface area contributed by atoms with Crippen LogP contribution in [-0.2, 0) is 9.53 Å². The molecule has 0 bridgehead atoms. The van der Waals surface area contributed by atoms with E-state index in [0.717, 1.165) is 33.4 Å². The monoisotopic (exact) mass is 469 g/mol. The van der Waals surface area contributed by atoms with Gasteiger partial charge in [-0.2, -0.15) is 5.10 Å². The molecule has 4 aromatic rings.